The summed E-state index contributed by atoms with van der Waals surface area (Å²) in [6.45, 7) is 0. The molecule has 0 N–H and O–H groups in total. The molecule has 1 rings (SSSR count). The van der Waals surface area contributed by atoms with E-state index in [1.165, 1.54) is 64.2 Å². The summed E-state index contributed by atoms with van der Waals surface area (Å²) in [6.07, 6.45) is 16.7. The van der Waals surface area contributed by atoms with Crippen molar-refractivity contribution in [3.8, 4) is 12.1 Å². The minimum Gasteiger partial charge on any atom is -0.197 e. The van der Waals surface area contributed by atoms with Gasteiger partial charge in [0.1, 0.15) is 5.41 Å². The van der Waals surface area contributed by atoms with E-state index in [2.05, 4.69) is 12.1 Å². The quantitative estimate of drug-likeness (QED) is 0.577. The van der Waals surface area contributed by atoms with Crippen molar-refractivity contribution in [3.05, 3.63) is 0 Å². The van der Waals surface area contributed by atoms with E-state index in [0.29, 0.717) is 0 Å². The fourth-order valence-corrected chi connectivity index (χ4v) is 2.99. The molecule has 1 aliphatic carbocycles. The van der Waals surface area contributed by atoms with Crippen molar-refractivity contribution in [2.24, 2.45) is 5.41 Å². The zero-order valence-electron chi connectivity index (χ0n) is 12.3. The first kappa shape index (κ1) is 16.0. The second kappa shape index (κ2) is 9.85. The Hall–Kier alpha value is -1.02. The molecule has 1 aliphatic rings. The molecule has 2 heteroatoms. The van der Waals surface area contributed by atoms with Crippen LogP contribution in [0.3, 0.4) is 0 Å². The molecule has 0 bridgehead atoms. The predicted octanol–water partition coefficient (Wildman–Crippen LogP) is 5.49. The smallest absolute Gasteiger partial charge is 0.143 e. The molecule has 0 aromatic carbocycles. The lowest BCUT2D eigenvalue weighted by Crippen LogP contribution is -2.16. The van der Waals surface area contributed by atoms with Crippen molar-refractivity contribution in [1.82, 2.24) is 0 Å². The molecule has 0 heterocycles. The summed E-state index contributed by atoms with van der Waals surface area (Å²) < 4.78 is 0. The Morgan fingerprint density at radius 2 is 0.737 bits per heavy atom. The van der Waals surface area contributed by atoms with Gasteiger partial charge in [0.15, 0.2) is 0 Å². The van der Waals surface area contributed by atoms with Gasteiger partial charge in [-0.3, -0.25) is 0 Å². The molecular weight excluding hydrogens is 232 g/mol. The number of hydrogen-bond acceptors (Lipinski definition) is 2. The van der Waals surface area contributed by atoms with Crippen LogP contribution in [0.2, 0.25) is 0 Å². The molecule has 1 saturated carbocycles. The highest BCUT2D eigenvalue weighted by atomic mass is 14.4. The molecule has 0 aliphatic heterocycles. The molecular formula is C17H28N2. The Labute approximate surface area is 118 Å². The van der Waals surface area contributed by atoms with Crippen LogP contribution in [0.15, 0.2) is 0 Å². The summed E-state index contributed by atoms with van der Waals surface area (Å²) >= 11 is 0. The highest BCUT2D eigenvalue weighted by Gasteiger charge is 2.28. The molecule has 0 spiro atoms. The van der Waals surface area contributed by atoms with Gasteiger partial charge in [-0.15, -0.1) is 0 Å². The fraction of sp³-hybridized carbons (Fsp3) is 0.882. The van der Waals surface area contributed by atoms with Crippen LogP contribution in [-0.4, -0.2) is 0 Å². The van der Waals surface area contributed by atoms with E-state index in [4.69, 9.17) is 0 Å². The average Bonchev–Trinajstić information content (AvgIpc) is 2.46. The molecule has 0 radical (unpaired) electrons. The maximum absolute atomic E-state index is 9.32. The third kappa shape index (κ3) is 6.63. The van der Waals surface area contributed by atoms with Crippen molar-refractivity contribution in [2.75, 3.05) is 0 Å². The molecule has 0 amide bonds. The Kier molecular flexibility index (Phi) is 8.31. The minimum atomic E-state index is -0.694. The number of nitriles is 2. The SMILES string of the molecule is N#CC1(C#N)CCCCCCCCCCCCCC1. The summed E-state index contributed by atoms with van der Waals surface area (Å²) in [6, 6.07) is 4.60. The van der Waals surface area contributed by atoms with Crippen LogP contribution < -0.4 is 0 Å². The largest absolute Gasteiger partial charge is 0.197 e. The van der Waals surface area contributed by atoms with Gasteiger partial charge in [0.25, 0.3) is 0 Å². The van der Waals surface area contributed by atoms with Crippen molar-refractivity contribution >= 4 is 0 Å². The second-order valence-electron chi connectivity index (χ2n) is 6.05. The normalized spacial score (nSPS) is 23.3. The van der Waals surface area contributed by atoms with Gasteiger partial charge < -0.3 is 0 Å². The van der Waals surface area contributed by atoms with Crippen molar-refractivity contribution in [1.29, 1.82) is 10.5 Å². The van der Waals surface area contributed by atoms with Gasteiger partial charge in [0, 0.05) is 0 Å². The molecule has 0 aromatic heterocycles. The second-order valence-corrected chi connectivity index (χ2v) is 6.05. The van der Waals surface area contributed by atoms with Gasteiger partial charge in [-0.05, 0) is 12.8 Å². The monoisotopic (exact) mass is 260 g/mol. The molecule has 1 fully saturated rings. The van der Waals surface area contributed by atoms with E-state index in [9.17, 15) is 10.5 Å². The molecule has 0 aromatic rings. The highest BCUT2D eigenvalue weighted by Crippen LogP contribution is 2.30. The molecule has 0 atom stereocenters. The Morgan fingerprint density at radius 3 is 1.00 bits per heavy atom. The summed E-state index contributed by atoms with van der Waals surface area (Å²) in [5.41, 5.74) is -0.694. The van der Waals surface area contributed by atoms with Crippen LogP contribution in [0.4, 0.5) is 0 Å². The van der Waals surface area contributed by atoms with Gasteiger partial charge in [0.2, 0.25) is 0 Å². The Bertz CT molecular complexity index is 276. The van der Waals surface area contributed by atoms with Gasteiger partial charge in [-0.2, -0.15) is 10.5 Å². The lowest BCUT2D eigenvalue weighted by Gasteiger charge is -2.18. The highest BCUT2D eigenvalue weighted by molar-refractivity contribution is 5.13. The first-order chi connectivity index (χ1) is 9.33. The van der Waals surface area contributed by atoms with E-state index < -0.39 is 5.41 Å². The minimum absolute atomic E-state index is 0.694. The van der Waals surface area contributed by atoms with E-state index in [1.807, 2.05) is 0 Å². The maximum Gasteiger partial charge on any atom is 0.143 e. The maximum atomic E-state index is 9.32. The van der Waals surface area contributed by atoms with Gasteiger partial charge in [0.05, 0.1) is 12.1 Å². The lowest BCUT2D eigenvalue weighted by atomic mass is 9.80. The van der Waals surface area contributed by atoms with E-state index >= 15 is 0 Å². The lowest BCUT2D eigenvalue weighted by molar-refractivity contribution is 0.393. The van der Waals surface area contributed by atoms with E-state index in [0.717, 1.165) is 25.7 Å². The first-order valence-corrected chi connectivity index (χ1v) is 8.15. The molecule has 106 valence electrons. The van der Waals surface area contributed by atoms with Gasteiger partial charge in [-0.1, -0.05) is 77.0 Å². The third-order valence-corrected chi connectivity index (χ3v) is 4.39. The summed E-state index contributed by atoms with van der Waals surface area (Å²) in [4.78, 5) is 0. The van der Waals surface area contributed by atoms with Crippen molar-refractivity contribution in [3.63, 3.8) is 0 Å². The average molecular weight is 260 g/mol. The van der Waals surface area contributed by atoms with Gasteiger partial charge >= 0.3 is 0 Å². The summed E-state index contributed by atoms with van der Waals surface area (Å²) in [7, 11) is 0. The fourth-order valence-electron chi connectivity index (χ4n) is 2.99. The number of rotatable bonds is 0. The number of nitrogens with zero attached hydrogens (tertiary/aromatic N) is 2. The Morgan fingerprint density at radius 1 is 0.474 bits per heavy atom. The van der Waals surface area contributed by atoms with Crippen molar-refractivity contribution < 1.29 is 0 Å². The molecule has 19 heavy (non-hydrogen) atoms. The summed E-state index contributed by atoms with van der Waals surface area (Å²) in [5.74, 6) is 0. The molecule has 0 saturated heterocycles. The topological polar surface area (TPSA) is 47.6 Å². The van der Waals surface area contributed by atoms with Crippen LogP contribution in [0, 0.1) is 28.1 Å². The van der Waals surface area contributed by atoms with Crippen LogP contribution in [-0.2, 0) is 0 Å². The zero-order chi connectivity index (χ0) is 13.8. The Balaban J connectivity index is 2.43. The van der Waals surface area contributed by atoms with Crippen molar-refractivity contribution in [2.45, 2.75) is 89.9 Å². The van der Waals surface area contributed by atoms with E-state index in [1.54, 1.807) is 0 Å². The molecule has 2 nitrogen and oxygen atoms in total. The number of hydrogen-bond donors (Lipinski definition) is 0. The van der Waals surface area contributed by atoms with Crippen LogP contribution >= 0.6 is 0 Å². The summed E-state index contributed by atoms with van der Waals surface area (Å²) in [5, 5.41) is 18.6. The first-order valence-electron chi connectivity index (χ1n) is 8.15. The standard InChI is InChI=1S/C17H28N2/c18-15-17(16-19)13-11-9-7-5-3-1-2-4-6-8-10-12-14-17/h1-14H2. The molecule has 0 unspecified atom stereocenters. The van der Waals surface area contributed by atoms with E-state index in [-0.39, 0.29) is 0 Å². The zero-order valence-corrected chi connectivity index (χ0v) is 12.3. The van der Waals surface area contributed by atoms with Crippen LogP contribution in [0.25, 0.3) is 0 Å². The third-order valence-electron chi connectivity index (χ3n) is 4.39. The van der Waals surface area contributed by atoms with Crippen LogP contribution in [0.5, 0.6) is 0 Å². The van der Waals surface area contributed by atoms with Gasteiger partial charge in [-0.25, -0.2) is 0 Å². The predicted molar refractivity (Wildman–Crippen MR) is 78.3 cm³/mol. The van der Waals surface area contributed by atoms with Crippen LogP contribution in [0.1, 0.15) is 89.9 Å².